The van der Waals surface area contributed by atoms with Crippen molar-refractivity contribution in [3.8, 4) is 17.0 Å². The molecule has 2 aromatic carbocycles. The maximum atomic E-state index is 13.0. The fraction of sp³-hybridized carbons (Fsp3) is 0.308. The molecule has 0 spiro atoms. The van der Waals surface area contributed by atoms with Gasteiger partial charge in [-0.2, -0.15) is 31.4 Å². The molecule has 43 heavy (non-hydrogen) atoms. The zero-order valence-corrected chi connectivity index (χ0v) is 23.0. The summed E-state index contributed by atoms with van der Waals surface area (Å²) in [7, 11) is 1.70. The molecule has 0 aliphatic carbocycles. The monoisotopic (exact) mass is 635 g/mol. The predicted octanol–water partition coefficient (Wildman–Crippen LogP) is 4.46. The van der Waals surface area contributed by atoms with Crippen molar-refractivity contribution in [3.63, 3.8) is 0 Å². The van der Waals surface area contributed by atoms with Gasteiger partial charge in [-0.15, -0.1) is 0 Å². The van der Waals surface area contributed by atoms with Crippen LogP contribution in [0.1, 0.15) is 15.9 Å². The number of piperazine rings is 1. The van der Waals surface area contributed by atoms with Crippen molar-refractivity contribution >= 4 is 35.1 Å². The highest BCUT2D eigenvalue weighted by atomic mass is 35.5. The minimum atomic E-state index is -5.08. The topological polar surface area (TPSA) is 126 Å². The molecular weight excluding hydrogens is 612 g/mol. The molecule has 0 radical (unpaired) electrons. The molecule has 1 saturated heterocycles. The highest BCUT2D eigenvalue weighted by Crippen LogP contribution is 2.37. The average molecular weight is 636 g/mol. The molecule has 0 bridgehead atoms. The number of hydrogen-bond acceptors (Lipinski definition) is 6. The van der Waals surface area contributed by atoms with Gasteiger partial charge in [0.15, 0.2) is 0 Å². The summed E-state index contributed by atoms with van der Waals surface area (Å²) in [6, 6.07) is 9.04. The zero-order chi connectivity index (χ0) is 31.9. The van der Waals surface area contributed by atoms with Crippen LogP contribution >= 0.6 is 11.6 Å². The Labute approximate surface area is 245 Å². The molecule has 1 aliphatic rings. The number of nitrogens with zero attached hydrogens (tertiary/aromatic N) is 3. The number of rotatable bonds is 7. The summed E-state index contributed by atoms with van der Waals surface area (Å²) in [6.45, 7) is 2.42. The van der Waals surface area contributed by atoms with E-state index < -0.39 is 29.8 Å². The van der Waals surface area contributed by atoms with Crippen molar-refractivity contribution in [2.24, 2.45) is 7.05 Å². The number of aryl methyl sites for hydroxylation is 1. The van der Waals surface area contributed by atoms with E-state index in [0.29, 0.717) is 54.0 Å². The van der Waals surface area contributed by atoms with Crippen LogP contribution in [-0.4, -0.2) is 76.5 Å². The lowest BCUT2D eigenvalue weighted by Gasteiger charge is -2.26. The first-order valence-corrected chi connectivity index (χ1v) is 12.7. The molecule has 1 fully saturated rings. The fourth-order valence-corrected chi connectivity index (χ4v) is 4.11. The SMILES string of the molecule is Cn1ncc(Cl)c1-c1cc(NC(=O)c2cccc(C(F)(F)F)c2)ccc1OCCN1CCNC(=O)C1.O=C(O)C(F)(F)F. The molecule has 2 heterocycles. The van der Waals surface area contributed by atoms with Crippen LogP contribution in [0.2, 0.25) is 5.02 Å². The Bertz CT molecular complexity index is 1460. The number of anilines is 1. The third kappa shape index (κ3) is 9.34. The van der Waals surface area contributed by atoms with E-state index in [1.807, 2.05) is 4.90 Å². The predicted molar refractivity (Wildman–Crippen MR) is 142 cm³/mol. The number of halogens is 7. The molecule has 0 atom stereocenters. The minimum Gasteiger partial charge on any atom is -0.492 e. The van der Waals surface area contributed by atoms with E-state index in [1.54, 1.807) is 29.9 Å². The summed E-state index contributed by atoms with van der Waals surface area (Å²) in [5, 5.41) is 17.0. The van der Waals surface area contributed by atoms with Crippen molar-refractivity contribution in [1.82, 2.24) is 20.0 Å². The van der Waals surface area contributed by atoms with Gasteiger partial charge < -0.3 is 20.5 Å². The Morgan fingerprint density at radius 1 is 1.14 bits per heavy atom. The van der Waals surface area contributed by atoms with E-state index in [0.717, 1.165) is 18.7 Å². The summed E-state index contributed by atoms with van der Waals surface area (Å²) in [4.78, 5) is 35.1. The number of carbonyl (C=O) groups excluding carboxylic acids is 2. The molecule has 3 N–H and O–H groups in total. The van der Waals surface area contributed by atoms with E-state index in [9.17, 15) is 35.9 Å². The Morgan fingerprint density at radius 3 is 2.42 bits per heavy atom. The summed E-state index contributed by atoms with van der Waals surface area (Å²) in [5.74, 6) is -3.02. The average Bonchev–Trinajstić information content (AvgIpc) is 3.26. The number of aliphatic carboxylic acids is 1. The second-order valence-electron chi connectivity index (χ2n) is 8.99. The number of amides is 2. The summed E-state index contributed by atoms with van der Waals surface area (Å²) in [5.41, 5.74) is 0.380. The van der Waals surface area contributed by atoms with Gasteiger partial charge in [-0.1, -0.05) is 17.7 Å². The highest BCUT2D eigenvalue weighted by Gasteiger charge is 2.38. The molecule has 0 unspecified atom stereocenters. The van der Waals surface area contributed by atoms with E-state index in [1.165, 1.54) is 18.3 Å². The Kier molecular flexibility index (Phi) is 10.6. The van der Waals surface area contributed by atoms with Crippen LogP contribution in [0.15, 0.2) is 48.7 Å². The minimum absolute atomic E-state index is 0.0375. The van der Waals surface area contributed by atoms with Crippen LogP contribution in [0.4, 0.5) is 32.0 Å². The molecule has 3 aromatic rings. The van der Waals surface area contributed by atoms with Gasteiger partial charge in [0, 0.05) is 43.5 Å². The maximum Gasteiger partial charge on any atom is 0.490 e. The first-order chi connectivity index (χ1) is 20.1. The first kappa shape index (κ1) is 33.2. The van der Waals surface area contributed by atoms with Crippen molar-refractivity contribution < 1.29 is 50.6 Å². The van der Waals surface area contributed by atoms with Crippen LogP contribution in [0.25, 0.3) is 11.3 Å². The van der Waals surface area contributed by atoms with E-state index in [-0.39, 0.29) is 11.5 Å². The zero-order valence-electron chi connectivity index (χ0n) is 22.2. The number of nitrogens with one attached hydrogen (secondary N) is 2. The van der Waals surface area contributed by atoms with E-state index >= 15 is 0 Å². The van der Waals surface area contributed by atoms with E-state index in [4.69, 9.17) is 26.2 Å². The summed E-state index contributed by atoms with van der Waals surface area (Å²) < 4.78 is 78.4. The maximum absolute atomic E-state index is 13.0. The van der Waals surface area contributed by atoms with Crippen LogP contribution in [-0.2, 0) is 22.8 Å². The number of aromatic nitrogens is 2. The van der Waals surface area contributed by atoms with Gasteiger partial charge in [0.2, 0.25) is 5.91 Å². The van der Waals surface area contributed by atoms with Crippen LogP contribution in [0.5, 0.6) is 5.75 Å². The van der Waals surface area contributed by atoms with Gasteiger partial charge in [-0.3, -0.25) is 19.2 Å². The van der Waals surface area contributed by atoms with E-state index in [2.05, 4.69) is 15.7 Å². The standard InChI is InChI=1S/C24H23ClF3N5O3.C2HF3O2/c1-32-22(19(25)13-30-32)18-12-17(31-23(35)15-3-2-4-16(11-15)24(26,27)28)5-6-20(18)36-10-9-33-8-7-29-21(34)14-33;3-2(4,5)1(6)7/h2-6,11-13H,7-10,14H2,1H3,(H,29,34)(H,31,35);(H,6,7). The lowest BCUT2D eigenvalue weighted by atomic mass is 10.1. The Hall–Kier alpha value is -4.31. The first-order valence-electron chi connectivity index (χ1n) is 12.3. The second-order valence-corrected chi connectivity index (χ2v) is 9.39. The number of alkyl halides is 6. The molecule has 2 amide bonds. The normalized spacial score (nSPS) is 13.9. The summed E-state index contributed by atoms with van der Waals surface area (Å²) in [6.07, 6.45) is -8.17. The summed E-state index contributed by atoms with van der Waals surface area (Å²) >= 11 is 6.35. The number of carbonyl (C=O) groups is 3. The molecule has 0 saturated carbocycles. The lowest BCUT2D eigenvalue weighted by molar-refractivity contribution is -0.192. The molecule has 4 rings (SSSR count). The van der Waals surface area contributed by atoms with Gasteiger partial charge in [0.1, 0.15) is 12.4 Å². The molecule has 17 heteroatoms. The van der Waals surface area contributed by atoms with Crippen molar-refractivity contribution in [2.45, 2.75) is 12.4 Å². The van der Waals surface area contributed by atoms with Crippen LogP contribution < -0.4 is 15.4 Å². The van der Waals surface area contributed by atoms with Gasteiger partial charge in [0.05, 0.1) is 29.0 Å². The number of carboxylic acids is 1. The van der Waals surface area contributed by atoms with Crippen molar-refractivity contribution in [1.29, 1.82) is 0 Å². The smallest absolute Gasteiger partial charge is 0.490 e. The highest BCUT2D eigenvalue weighted by molar-refractivity contribution is 6.33. The fourth-order valence-electron chi connectivity index (χ4n) is 3.84. The molecule has 1 aromatic heterocycles. The molecule has 10 nitrogen and oxygen atoms in total. The Balaban J connectivity index is 0.000000646. The molecule has 1 aliphatic heterocycles. The molecule has 232 valence electrons. The van der Waals surface area contributed by atoms with Crippen LogP contribution in [0.3, 0.4) is 0 Å². The quantitative estimate of drug-likeness (QED) is 0.328. The third-order valence-electron chi connectivity index (χ3n) is 5.86. The lowest BCUT2D eigenvalue weighted by Crippen LogP contribution is -2.48. The largest absolute Gasteiger partial charge is 0.492 e. The number of carboxylic acid groups (broad SMARTS) is 1. The van der Waals surface area contributed by atoms with Gasteiger partial charge in [-0.25, -0.2) is 4.79 Å². The van der Waals surface area contributed by atoms with Crippen molar-refractivity contribution in [2.75, 3.05) is 38.1 Å². The van der Waals surface area contributed by atoms with Crippen molar-refractivity contribution in [3.05, 3.63) is 64.8 Å². The Morgan fingerprint density at radius 2 is 1.84 bits per heavy atom. The number of ether oxygens (including phenoxy) is 1. The molecular formula is C26H24ClF6N5O5. The second kappa shape index (κ2) is 13.8. The van der Waals surface area contributed by atoms with Gasteiger partial charge in [0.25, 0.3) is 5.91 Å². The van der Waals surface area contributed by atoms with Gasteiger partial charge >= 0.3 is 18.3 Å². The number of benzene rings is 2. The van der Waals surface area contributed by atoms with Crippen LogP contribution in [0, 0.1) is 0 Å². The number of hydrogen-bond donors (Lipinski definition) is 3. The van der Waals surface area contributed by atoms with Gasteiger partial charge in [-0.05, 0) is 36.4 Å². The third-order valence-corrected chi connectivity index (χ3v) is 6.14.